The number of carbonyl (C=O) groups is 1. The van der Waals surface area contributed by atoms with Gasteiger partial charge in [0.2, 0.25) is 0 Å². The fourth-order valence-corrected chi connectivity index (χ4v) is 2.56. The summed E-state index contributed by atoms with van der Waals surface area (Å²) in [6, 6.07) is 11.7. The summed E-state index contributed by atoms with van der Waals surface area (Å²) in [5, 5.41) is 8.82. The van der Waals surface area contributed by atoms with Gasteiger partial charge >= 0.3 is 5.97 Å². The van der Waals surface area contributed by atoms with Crippen LogP contribution < -0.4 is 0 Å². The molecule has 1 fully saturated rings. The highest BCUT2D eigenvalue weighted by molar-refractivity contribution is 5.78. The molecule has 0 spiro atoms. The summed E-state index contributed by atoms with van der Waals surface area (Å²) in [4.78, 5) is 12.1. The van der Waals surface area contributed by atoms with Gasteiger partial charge in [0.25, 0.3) is 0 Å². The van der Waals surface area contributed by atoms with Crippen LogP contribution in [-0.2, 0) is 16.1 Å². The molecule has 0 radical (unpaired) electrons. The van der Waals surface area contributed by atoms with E-state index >= 15 is 0 Å². The second-order valence-corrected chi connectivity index (χ2v) is 5.88. The molecule has 3 nitrogen and oxygen atoms in total. The lowest BCUT2D eigenvalue weighted by molar-refractivity contribution is -0.147. The monoisotopic (exact) mass is 269 g/mol. The SMILES string of the molecule is C/C(C#N)=C\C1C(C(=O)OCc2ccccc2)C1(C)C. The molecule has 0 heterocycles. The van der Waals surface area contributed by atoms with Crippen molar-refractivity contribution in [2.24, 2.45) is 17.3 Å². The van der Waals surface area contributed by atoms with Gasteiger partial charge in [-0.3, -0.25) is 4.79 Å². The Balaban J connectivity index is 1.96. The molecule has 2 atom stereocenters. The molecule has 1 aliphatic rings. The smallest absolute Gasteiger partial charge is 0.310 e. The van der Waals surface area contributed by atoms with Gasteiger partial charge < -0.3 is 4.74 Å². The predicted octanol–water partition coefficient (Wildman–Crippen LogP) is 3.47. The maximum Gasteiger partial charge on any atom is 0.310 e. The van der Waals surface area contributed by atoms with Crippen LogP contribution in [0, 0.1) is 28.6 Å². The van der Waals surface area contributed by atoms with Crippen molar-refractivity contribution in [1.82, 2.24) is 0 Å². The van der Waals surface area contributed by atoms with Crippen LogP contribution in [0.5, 0.6) is 0 Å². The lowest BCUT2D eigenvalue weighted by atomic mass is 10.1. The molecule has 0 bridgehead atoms. The first kappa shape index (κ1) is 14.3. The van der Waals surface area contributed by atoms with Crippen molar-refractivity contribution in [3.63, 3.8) is 0 Å². The molecule has 3 heteroatoms. The Labute approximate surface area is 119 Å². The second-order valence-electron chi connectivity index (χ2n) is 5.88. The third-order valence-corrected chi connectivity index (χ3v) is 3.99. The summed E-state index contributed by atoms with van der Waals surface area (Å²) in [5.41, 5.74) is 1.52. The third kappa shape index (κ3) is 2.91. The van der Waals surface area contributed by atoms with Crippen molar-refractivity contribution >= 4 is 5.97 Å². The molecule has 0 aromatic heterocycles. The molecule has 1 saturated carbocycles. The Hall–Kier alpha value is -2.08. The first-order chi connectivity index (χ1) is 9.46. The van der Waals surface area contributed by atoms with E-state index in [2.05, 4.69) is 6.07 Å². The highest BCUT2D eigenvalue weighted by Crippen LogP contribution is 2.59. The van der Waals surface area contributed by atoms with Gasteiger partial charge in [0.15, 0.2) is 0 Å². The highest BCUT2D eigenvalue weighted by Gasteiger charge is 2.61. The topological polar surface area (TPSA) is 50.1 Å². The quantitative estimate of drug-likeness (QED) is 0.621. The summed E-state index contributed by atoms with van der Waals surface area (Å²) in [7, 11) is 0. The molecule has 2 unspecified atom stereocenters. The van der Waals surface area contributed by atoms with E-state index in [9.17, 15) is 4.79 Å². The Kier molecular flexibility index (Phi) is 3.94. The van der Waals surface area contributed by atoms with Crippen LogP contribution in [0.15, 0.2) is 42.0 Å². The van der Waals surface area contributed by atoms with E-state index in [-0.39, 0.29) is 23.2 Å². The average molecular weight is 269 g/mol. The summed E-state index contributed by atoms with van der Waals surface area (Å²) in [6.45, 7) is 6.14. The minimum Gasteiger partial charge on any atom is -0.461 e. The number of hydrogen-bond donors (Lipinski definition) is 0. The fraction of sp³-hybridized carbons (Fsp3) is 0.412. The van der Waals surface area contributed by atoms with E-state index in [0.717, 1.165) is 5.56 Å². The molecule has 1 aromatic rings. The number of esters is 1. The van der Waals surface area contributed by atoms with E-state index in [0.29, 0.717) is 12.2 Å². The minimum atomic E-state index is -0.175. The maximum absolute atomic E-state index is 12.1. The molecule has 0 amide bonds. The van der Waals surface area contributed by atoms with Crippen LogP contribution in [0.4, 0.5) is 0 Å². The molecule has 1 aliphatic carbocycles. The molecule has 0 N–H and O–H groups in total. The standard InChI is InChI=1S/C17H19NO2/c1-12(10-18)9-14-15(17(14,2)3)16(19)20-11-13-7-5-4-6-8-13/h4-9,14-15H,11H2,1-3H3/b12-9+. The molecular formula is C17H19NO2. The van der Waals surface area contributed by atoms with E-state index < -0.39 is 0 Å². The van der Waals surface area contributed by atoms with Crippen LogP contribution in [0.25, 0.3) is 0 Å². The number of nitriles is 1. The molecule has 104 valence electrons. The number of allylic oxidation sites excluding steroid dienone is 2. The third-order valence-electron chi connectivity index (χ3n) is 3.99. The Morgan fingerprint density at radius 2 is 2.05 bits per heavy atom. The van der Waals surface area contributed by atoms with E-state index in [1.54, 1.807) is 6.92 Å². The van der Waals surface area contributed by atoms with Gasteiger partial charge in [-0.25, -0.2) is 0 Å². The number of hydrogen-bond acceptors (Lipinski definition) is 3. The Bertz CT molecular complexity index is 566. The van der Waals surface area contributed by atoms with Gasteiger partial charge in [0, 0.05) is 5.57 Å². The maximum atomic E-state index is 12.1. The van der Waals surface area contributed by atoms with Crippen molar-refractivity contribution in [3.05, 3.63) is 47.5 Å². The van der Waals surface area contributed by atoms with Crippen molar-refractivity contribution in [1.29, 1.82) is 5.26 Å². The number of ether oxygens (including phenoxy) is 1. The van der Waals surface area contributed by atoms with Crippen LogP contribution >= 0.6 is 0 Å². The van der Waals surface area contributed by atoms with Gasteiger partial charge in [0.1, 0.15) is 6.61 Å². The van der Waals surface area contributed by atoms with Crippen LogP contribution in [0.3, 0.4) is 0 Å². The first-order valence-corrected chi connectivity index (χ1v) is 6.76. The molecule has 20 heavy (non-hydrogen) atoms. The normalized spacial score (nSPS) is 23.8. The second kappa shape index (κ2) is 5.50. The summed E-state index contributed by atoms with van der Waals surface area (Å²) < 4.78 is 5.38. The van der Waals surface area contributed by atoms with E-state index in [4.69, 9.17) is 10.00 Å². The highest BCUT2D eigenvalue weighted by atomic mass is 16.5. The van der Waals surface area contributed by atoms with Crippen LogP contribution in [0.1, 0.15) is 26.3 Å². The van der Waals surface area contributed by atoms with Crippen molar-refractivity contribution in [3.8, 4) is 6.07 Å². The van der Waals surface area contributed by atoms with Crippen molar-refractivity contribution in [2.75, 3.05) is 0 Å². The summed E-state index contributed by atoms with van der Waals surface area (Å²) in [6.07, 6.45) is 1.88. The number of rotatable bonds is 4. The number of nitrogens with zero attached hydrogens (tertiary/aromatic N) is 1. The minimum absolute atomic E-state index is 0.102. The van der Waals surface area contributed by atoms with Gasteiger partial charge in [-0.05, 0) is 23.8 Å². The van der Waals surface area contributed by atoms with E-state index in [1.165, 1.54) is 0 Å². The Morgan fingerprint density at radius 1 is 1.40 bits per heavy atom. The predicted molar refractivity (Wildman–Crippen MR) is 76.4 cm³/mol. The zero-order valence-corrected chi connectivity index (χ0v) is 12.1. The number of benzene rings is 1. The van der Waals surface area contributed by atoms with Crippen molar-refractivity contribution < 1.29 is 9.53 Å². The molecule has 1 aromatic carbocycles. The van der Waals surface area contributed by atoms with Gasteiger partial charge in [-0.1, -0.05) is 50.3 Å². The summed E-state index contributed by atoms with van der Waals surface area (Å²) in [5.74, 6) is -0.217. The molecule has 0 saturated heterocycles. The zero-order chi connectivity index (χ0) is 14.8. The van der Waals surface area contributed by atoms with Gasteiger partial charge in [-0.15, -0.1) is 0 Å². The van der Waals surface area contributed by atoms with Crippen molar-refractivity contribution in [2.45, 2.75) is 27.4 Å². The molecule has 0 aliphatic heterocycles. The van der Waals surface area contributed by atoms with Gasteiger partial charge in [-0.2, -0.15) is 5.26 Å². The zero-order valence-electron chi connectivity index (χ0n) is 12.1. The van der Waals surface area contributed by atoms with Crippen LogP contribution in [-0.4, -0.2) is 5.97 Å². The largest absolute Gasteiger partial charge is 0.461 e. The van der Waals surface area contributed by atoms with E-state index in [1.807, 2.05) is 50.3 Å². The number of carbonyl (C=O) groups excluding carboxylic acids is 1. The lowest BCUT2D eigenvalue weighted by Gasteiger charge is -2.05. The first-order valence-electron chi connectivity index (χ1n) is 6.76. The molecular weight excluding hydrogens is 250 g/mol. The molecule has 2 rings (SSSR count). The Morgan fingerprint density at radius 3 is 2.65 bits per heavy atom. The fourth-order valence-electron chi connectivity index (χ4n) is 2.56. The summed E-state index contributed by atoms with van der Waals surface area (Å²) >= 11 is 0. The lowest BCUT2D eigenvalue weighted by Crippen LogP contribution is -2.10. The van der Waals surface area contributed by atoms with Gasteiger partial charge in [0.05, 0.1) is 12.0 Å². The van der Waals surface area contributed by atoms with Crippen LogP contribution in [0.2, 0.25) is 0 Å². The average Bonchev–Trinajstić information content (AvgIpc) is 2.98.